The molecule has 1 saturated carbocycles. The lowest BCUT2D eigenvalue weighted by molar-refractivity contribution is -0.137. The van der Waals surface area contributed by atoms with E-state index in [0.717, 1.165) is 12.8 Å². The van der Waals surface area contributed by atoms with Gasteiger partial charge >= 0.3 is 0 Å². The van der Waals surface area contributed by atoms with Crippen LogP contribution in [0.3, 0.4) is 0 Å². The predicted molar refractivity (Wildman–Crippen MR) is 91.6 cm³/mol. The van der Waals surface area contributed by atoms with Crippen molar-refractivity contribution in [2.45, 2.75) is 38.6 Å². The number of amides is 2. The molecule has 1 aliphatic carbocycles. The van der Waals surface area contributed by atoms with Gasteiger partial charge in [-0.25, -0.2) is 0 Å². The van der Waals surface area contributed by atoms with Crippen LogP contribution in [0.2, 0.25) is 0 Å². The number of ether oxygens (including phenoxy) is 1. The van der Waals surface area contributed by atoms with Crippen LogP contribution in [0, 0.1) is 11.8 Å². The largest absolute Gasteiger partial charge is 0.484 e. The van der Waals surface area contributed by atoms with E-state index >= 15 is 0 Å². The number of nitrogens with one attached hydrogen (secondary N) is 1. The zero-order valence-corrected chi connectivity index (χ0v) is 14.2. The van der Waals surface area contributed by atoms with E-state index in [1.165, 1.54) is 12.8 Å². The van der Waals surface area contributed by atoms with E-state index in [1.54, 1.807) is 4.90 Å². The van der Waals surface area contributed by atoms with Crippen LogP contribution in [-0.2, 0) is 9.59 Å². The number of nitrogens with zero attached hydrogens (tertiary/aromatic N) is 1. The lowest BCUT2D eigenvalue weighted by Gasteiger charge is -2.32. The van der Waals surface area contributed by atoms with Gasteiger partial charge in [0.15, 0.2) is 6.61 Å². The van der Waals surface area contributed by atoms with Gasteiger partial charge in [0.25, 0.3) is 5.91 Å². The van der Waals surface area contributed by atoms with Gasteiger partial charge in [-0.15, -0.1) is 0 Å². The fraction of sp³-hybridized carbons (Fsp3) is 0.579. The fourth-order valence-corrected chi connectivity index (χ4v) is 3.20. The van der Waals surface area contributed by atoms with E-state index < -0.39 is 0 Å². The number of likely N-dealkylation sites (tertiary alicyclic amines) is 1. The SMILES string of the molecule is C[C@@H](NC(=O)C1CCN(C(=O)COc2ccccc2)CC1)C1CC1. The number of para-hydroxylation sites is 1. The maximum Gasteiger partial charge on any atom is 0.260 e. The molecular formula is C19H26N2O3. The molecule has 2 fully saturated rings. The van der Waals surface area contributed by atoms with Crippen molar-refractivity contribution in [2.75, 3.05) is 19.7 Å². The van der Waals surface area contributed by atoms with Gasteiger partial charge in [0.1, 0.15) is 5.75 Å². The minimum Gasteiger partial charge on any atom is -0.484 e. The highest BCUT2D eigenvalue weighted by Crippen LogP contribution is 2.32. The Balaban J connectivity index is 1.39. The summed E-state index contributed by atoms with van der Waals surface area (Å²) in [5.41, 5.74) is 0. The molecule has 1 aliphatic heterocycles. The molecule has 2 aliphatic rings. The number of hydrogen-bond donors (Lipinski definition) is 1. The van der Waals surface area contributed by atoms with Gasteiger partial charge in [0, 0.05) is 25.0 Å². The summed E-state index contributed by atoms with van der Waals surface area (Å²) in [7, 11) is 0. The summed E-state index contributed by atoms with van der Waals surface area (Å²) >= 11 is 0. The topological polar surface area (TPSA) is 58.6 Å². The smallest absolute Gasteiger partial charge is 0.260 e. The summed E-state index contributed by atoms with van der Waals surface area (Å²) in [6.45, 7) is 3.41. The molecule has 130 valence electrons. The Kier molecular flexibility index (Phi) is 5.38. The lowest BCUT2D eigenvalue weighted by atomic mass is 9.95. The van der Waals surface area contributed by atoms with E-state index in [9.17, 15) is 9.59 Å². The van der Waals surface area contributed by atoms with Crippen LogP contribution < -0.4 is 10.1 Å². The molecule has 5 heteroatoms. The molecule has 1 heterocycles. The number of hydrogen-bond acceptors (Lipinski definition) is 3. The van der Waals surface area contributed by atoms with Crippen LogP contribution >= 0.6 is 0 Å². The van der Waals surface area contributed by atoms with Crippen molar-refractivity contribution < 1.29 is 14.3 Å². The van der Waals surface area contributed by atoms with E-state index in [-0.39, 0.29) is 30.4 Å². The standard InChI is InChI=1S/C19H26N2O3/c1-14(15-7-8-15)20-19(23)16-9-11-21(12-10-16)18(22)13-24-17-5-3-2-4-6-17/h2-6,14-16H,7-13H2,1H3,(H,20,23)/t14-/m1/s1. The highest BCUT2D eigenvalue weighted by Gasteiger charge is 2.32. The second-order valence-electron chi connectivity index (χ2n) is 6.89. The van der Waals surface area contributed by atoms with E-state index in [0.29, 0.717) is 24.8 Å². The van der Waals surface area contributed by atoms with Crippen molar-refractivity contribution in [2.24, 2.45) is 11.8 Å². The quantitative estimate of drug-likeness (QED) is 0.870. The minimum absolute atomic E-state index is 0.0101. The van der Waals surface area contributed by atoms with Crippen molar-refractivity contribution in [1.82, 2.24) is 10.2 Å². The molecule has 0 aromatic heterocycles. The average Bonchev–Trinajstić information content (AvgIpc) is 3.46. The van der Waals surface area contributed by atoms with E-state index in [2.05, 4.69) is 12.2 Å². The van der Waals surface area contributed by atoms with Crippen molar-refractivity contribution in [3.63, 3.8) is 0 Å². The van der Waals surface area contributed by atoms with Crippen LogP contribution in [0.4, 0.5) is 0 Å². The summed E-state index contributed by atoms with van der Waals surface area (Å²) < 4.78 is 5.51. The Hall–Kier alpha value is -2.04. The van der Waals surface area contributed by atoms with Gasteiger partial charge < -0.3 is 15.0 Å². The third-order valence-electron chi connectivity index (χ3n) is 5.02. The van der Waals surface area contributed by atoms with Crippen LogP contribution in [0.1, 0.15) is 32.6 Å². The molecule has 2 amide bonds. The zero-order valence-electron chi connectivity index (χ0n) is 14.2. The Bertz CT molecular complexity index is 563. The van der Waals surface area contributed by atoms with E-state index in [4.69, 9.17) is 4.74 Å². The first-order valence-corrected chi connectivity index (χ1v) is 8.89. The fourth-order valence-electron chi connectivity index (χ4n) is 3.20. The van der Waals surface area contributed by atoms with Crippen molar-refractivity contribution in [3.05, 3.63) is 30.3 Å². The molecular weight excluding hydrogens is 304 g/mol. The van der Waals surface area contributed by atoms with Gasteiger partial charge in [0.2, 0.25) is 5.91 Å². The molecule has 1 aromatic rings. The summed E-state index contributed by atoms with van der Waals surface area (Å²) in [6.07, 6.45) is 3.94. The molecule has 1 atom stereocenters. The maximum atomic E-state index is 12.3. The first-order chi connectivity index (χ1) is 11.6. The van der Waals surface area contributed by atoms with Crippen LogP contribution in [0.15, 0.2) is 30.3 Å². The number of benzene rings is 1. The molecule has 5 nitrogen and oxygen atoms in total. The summed E-state index contributed by atoms with van der Waals surface area (Å²) in [6, 6.07) is 9.64. The van der Waals surface area contributed by atoms with Crippen molar-refractivity contribution >= 4 is 11.8 Å². The summed E-state index contributed by atoms with van der Waals surface area (Å²) in [4.78, 5) is 26.3. The van der Waals surface area contributed by atoms with Gasteiger partial charge in [-0.1, -0.05) is 18.2 Å². The lowest BCUT2D eigenvalue weighted by Crippen LogP contribution is -2.46. The van der Waals surface area contributed by atoms with Crippen molar-refractivity contribution in [1.29, 1.82) is 0 Å². The van der Waals surface area contributed by atoms with Gasteiger partial charge in [-0.05, 0) is 50.7 Å². The average molecular weight is 330 g/mol. The number of carbonyl (C=O) groups is 2. The van der Waals surface area contributed by atoms with Gasteiger partial charge in [-0.3, -0.25) is 9.59 Å². The number of piperidine rings is 1. The number of rotatable bonds is 6. The molecule has 0 radical (unpaired) electrons. The molecule has 0 spiro atoms. The second kappa shape index (κ2) is 7.69. The summed E-state index contributed by atoms with van der Waals surface area (Å²) in [5.74, 6) is 1.55. The highest BCUT2D eigenvalue weighted by atomic mass is 16.5. The van der Waals surface area contributed by atoms with Crippen molar-refractivity contribution in [3.8, 4) is 5.75 Å². The third kappa shape index (κ3) is 4.49. The Morgan fingerprint density at radius 3 is 2.46 bits per heavy atom. The number of carbonyl (C=O) groups excluding carboxylic acids is 2. The Morgan fingerprint density at radius 2 is 1.83 bits per heavy atom. The molecule has 0 bridgehead atoms. The zero-order chi connectivity index (χ0) is 16.9. The van der Waals surface area contributed by atoms with Crippen LogP contribution in [0.25, 0.3) is 0 Å². The Morgan fingerprint density at radius 1 is 1.17 bits per heavy atom. The minimum atomic E-state index is -0.0101. The molecule has 1 saturated heterocycles. The molecule has 1 aromatic carbocycles. The first kappa shape index (κ1) is 16.8. The molecule has 1 N–H and O–H groups in total. The van der Waals surface area contributed by atoms with Gasteiger partial charge in [0.05, 0.1) is 0 Å². The third-order valence-corrected chi connectivity index (χ3v) is 5.02. The molecule has 3 rings (SSSR count). The Labute approximate surface area is 143 Å². The van der Waals surface area contributed by atoms with Crippen LogP contribution in [-0.4, -0.2) is 42.5 Å². The maximum absolute atomic E-state index is 12.3. The normalized spacial score (nSPS) is 19.6. The predicted octanol–water partition coefficient (Wildman–Crippen LogP) is 2.22. The molecule has 24 heavy (non-hydrogen) atoms. The second-order valence-corrected chi connectivity index (χ2v) is 6.89. The monoisotopic (exact) mass is 330 g/mol. The van der Waals surface area contributed by atoms with E-state index in [1.807, 2.05) is 30.3 Å². The first-order valence-electron chi connectivity index (χ1n) is 8.89. The van der Waals surface area contributed by atoms with Crippen LogP contribution in [0.5, 0.6) is 5.75 Å². The highest BCUT2D eigenvalue weighted by molar-refractivity contribution is 5.80. The molecule has 0 unspecified atom stereocenters. The summed E-state index contributed by atoms with van der Waals surface area (Å²) in [5, 5.41) is 3.14. The van der Waals surface area contributed by atoms with Gasteiger partial charge in [-0.2, -0.15) is 0 Å².